The highest BCUT2D eigenvalue weighted by atomic mass is 19.1. The molecule has 0 radical (unpaired) electrons. The third-order valence-corrected chi connectivity index (χ3v) is 3.57. The third kappa shape index (κ3) is 3.04. The molecule has 2 aromatic heterocycles. The van der Waals surface area contributed by atoms with Crippen LogP contribution in [0.15, 0.2) is 42.9 Å². The highest BCUT2D eigenvalue weighted by Crippen LogP contribution is 2.21. The van der Waals surface area contributed by atoms with Gasteiger partial charge in [-0.15, -0.1) is 0 Å². The molecule has 3 aromatic rings. The molecular formula is C16H15FN4O2. The van der Waals surface area contributed by atoms with E-state index in [9.17, 15) is 14.3 Å². The maximum Gasteiger partial charge on any atom is 0.271 e. The zero-order valence-electron chi connectivity index (χ0n) is 12.2. The molecule has 118 valence electrons. The molecule has 3 N–H and O–H groups in total. The van der Waals surface area contributed by atoms with Crippen molar-refractivity contribution in [2.75, 3.05) is 6.61 Å². The van der Waals surface area contributed by atoms with Crippen LogP contribution in [0.5, 0.6) is 0 Å². The van der Waals surface area contributed by atoms with Crippen LogP contribution in [-0.2, 0) is 0 Å². The smallest absolute Gasteiger partial charge is 0.271 e. The van der Waals surface area contributed by atoms with Gasteiger partial charge in [0.05, 0.1) is 11.4 Å². The van der Waals surface area contributed by atoms with Crippen LogP contribution in [0.25, 0.3) is 11.0 Å². The molecule has 2 heterocycles. The third-order valence-electron chi connectivity index (χ3n) is 3.57. The summed E-state index contributed by atoms with van der Waals surface area (Å²) in [5.41, 5.74) is 1.08. The summed E-state index contributed by atoms with van der Waals surface area (Å²) in [5.74, 6) is -0.876. The van der Waals surface area contributed by atoms with Gasteiger partial charge in [0.25, 0.3) is 5.91 Å². The standard InChI is InChI=1S/C16H15FN4O2/c17-12-4-2-1-3-10(12)13(6-8-22)21-16(23)14-11-5-7-18-15(11)20-9-19-14/h1-5,7,9,13,22H,6,8H2,(H,21,23)(H,18,19,20)/t13-/m0/s1. The number of nitrogens with one attached hydrogen (secondary N) is 2. The van der Waals surface area contributed by atoms with Gasteiger partial charge in [-0.3, -0.25) is 4.79 Å². The Bertz CT molecular complexity index is 834. The monoisotopic (exact) mass is 314 g/mol. The Hall–Kier alpha value is -2.80. The number of halogens is 1. The molecule has 1 aromatic carbocycles. The Kier molecular flexibility index (Phi) is 4.29. The number of aromatic nitrogens is 3. The minimum atomic E-state index is -0.641. The number of amides is 1. The van der Waals surface area contributed by atoms with Gasteiger partial charge < -0.3 is 15.4 Å². The fourth-order valence-electron chi connectivity index (χ4n) is 2.47. The number of hydrogen-bond acceptors (Lipinski definition) is 4. The number of fused-ring (bicyclic) bond motifs is 1. The molecule has 0 fully saturated rings. The summed E-state index contributed by atoms with van der Waals surface area (Å²) < 4.78 is 14.0. The first-order chi connectivity index (χ1) is 11.2. The number of H-pyrrole nitrogens is 1. The first-order valence-electron chi connectivity index (χ1n) is 7.15. The number of hydrogen-bond donors (Lipinski definition) is 3. The van der Waals surface area contributed by atoms with E-state index in [4.69, 9.17) is 0 Å². The molecule has 0 bridgehead atoms. The van der Waals surface area contributed by atoms with E-state index in [0.29, 0.717) is 16.6 Å². The lowest BCUT2D eigenvalue weighted by atomic mass is 10.0. The summed E-state index contributed by atoms with van der Waals surface area (Å²) in [6, 6.07) is 7.23. The normalized spacial score (nSPS) is 12.3. The number of carbonyl (C=O) groups excluding carboxylic acids is 1. The van der Waals surface area contributed by atoms with Crippen molar-refractivity contribution in [2.45, 2.75) is 12.5 Å². The van der Waals surface area contributed by atoms with Crippen molar-refractivity contribution in [3.63, 3.8) is 0 Å². The Morgan fingerprint density at radius 3 is 2.91 bits per heavy atom. The van der Waals surface area contributed by atoms with Gasteiger partial charge in [0.15, 0.2) is 0 Å². The second-order valence-corrected chi connectivity index (χ2v) is 5.02. The molecule has 7 heteroatoms. The van der Waals surface area contributed by atoms with Crippen LogP contribution in [0.2, 0.25) is 0 Å². The topological polar surface area (TPSA) is 90.9 Å². The zero-order chi connectivity index (χ0) is 16.2. The molecule has 1 atom stereocenters. The van der Waals surface area contributed by atoms with Crippen LogP contribution < -0.4 is 5.32 Å². The summed E-state index contributed by atoms with van der Waals surface area (Å²) in [5, 5.41) is 12.5. The Morgan fingerprint density at radius 1 is 1.30 bits per heavy atom. The highest BCUT2D eigenvalue weighted by molar-refractivity contribution is 6.03. The first-order valence-corrected chi connectivity index (χ1v) is 7.15. The summed E-state index contributed by atoms with van der Waals surface area (Å²) in [6.07, 6.45) is 3.16. The van der Waals surface area contributed by atoms with E-state index in [-0.39, 0.29) is 18.7 Å². The van der Waals surface area contributed by atoms with Crippen molar-refractivity contribution in [3.05, 3.63) is 59.9 Å². The average molecular weight is 314 g/mol. The van der Waals surface area contributed by atoms with Gasteiger partial charge in [0.1, 0.15) is 23.5 Å². The second kappa shape index (κ2) is 6.53. The van der Waals surface area contributed by atoms with Crippen LogP contribution in [0.1, 0.15) is 28.5 Å². The van der Waals surface area contributed by atoms with Crippen LogP contribution in [0.4, 0.5) is 4.39 Å². The first kappa shape index (κ1) is 15.1. The SMILES string of the molecule is O=C(N[C@@H](CCO)c1ccccc1F)c1ncnc2[nH]ccc12. The Balaban J connectivity index is 1.90. The Labute approximate surface area is 131 Å². The maximum atomic E-state index is 14.0. The molecule has 0 aliphatic rings. The molecule has 0 unspecified atom stereocenters. The van der Waals surface area contributed by atoms with Gasteiger partial charge in [0, 0.05) is 18.4 Å². The number of aliphatic hydroxyl groups is 1. The summed E-state index contributed by atoms with van der Waals surface area (Å²) in [4.78, 5) is 23.4. The molecule has 0 aliphatic heterocycles. The minimum Gasteiger partial charge on any atom is -0.396 e. The number of aromatic amines is 1. The zero-order valence-corrected chi connectivity index (χ0v) is 12.2. The van der Waals surface area contributed by atoms with E-state index in [0.717, 1.165) is 0 Å². The van der Waals surface area contributed by atoms with Crippen LogP contribution in [0.3, 0.4) is 0 Å². The van der Waals surface area contributed by atoms with Crippen molar-refractivity contribution in [2.24, 2.45) is 0 Å². The summed E-state index contributed by atoms with van der Waals surface area (Å²) >= 11 is 0. The van der Waals surface area contributed by atoms with Gasteiger partial charge in [-0.2, -0.15) is 0 Å². The number of carbonyl (C=O) groups is 1. The lowest BCUT2D eigenvalue weighted by Gasteiger charge is -2.18. The summed E-state index contributed by atoms with van der Waals surface area (Å²) in [7, 11) is 0. The summed E-state index contributed by atoms with van der Waals surface area (Å²) in [6.45, 7) is -0.178. The van der Waals surface area contributed by atoms with E-state index in [1.807, 2.05) is 0 Å². The van der Waals surface area contributed by atoms with E-state index in [1.54, 1.807) is 30.5 Å². The molecule has 0 saturated heterocycles. The van der Waals surface area contributed by atoms with Gasteiger partial charge in [-0.25, -0.2) is 14.4 Å². The number of aliphatic hydroxyl groups excluding tert-OH is 1. The predicted molar refractivity (Wildman–Crippen MR) is 82.2 cm³/mol. The second-order valence-electron chi connectivity index (χ2n) is 5.02. The van der Waals surface area contributed by atoms with E-state index < -0.39 is 17.8 Å². The van der Waals surface area contributed by atoms with Crippen molar-refractivity contribution in [3.8, 4) is 0 Å². The van der Waals surface area contributed by atoms with Crippen molar-refractivity contribution in [1.29, 1.82) is 0 Å². The van der Waals surface area contributed by atoms with Gasteiger partial charge >= 0.3 is 0 Å². The van der Waals surface area contributed by atoms with Gasteiger partial charge in [-0.1, -0.05) is 18.2 Å². The quantitative estimate of drug-likeness (QED) is 0.671. The molecule has 0 spiro atoms. The Morgan fingerprint density at radius 2 is 2.13 bits per heavy atom. The average Bonchev–Trinajstić information content (AvgIpc) is 3.03. The van der Waals surface area contributed by atoms with Gasteiger partial charge in [0.2, 0.25) is 0 Å². The van der Waals surface area contributed by atoms with E-state index >= 15 is 0 Å². The number of benzene rings is 1. The molecular weight excluding hydrogens is 299 g/mol. The fraction of sp³-hybridized carbons (Fsp3) is 0.188. The molecule has 1 amide bonds. The lowest BCUT2D eigenvalue weighted by Crippen LogP contribution is -2.30. The molecule has 3 rings (SSSR count). The van der Waals surface area contributed by atoms with Crippen molar-refractivity contribution < 1.29 is 14.3 Å². The lowest BCUT2D eigenvalue weighted by molar-refractivity contribution is 0.0926. The predicted octanol–water partition coefficient (Wildman–Crippen LogP) is 1.95. The molecule has 23 heavy (non-hydrogen) atoms. The largest absolute Gasteiger partial charge is 0.396 e. The van der Waals surface area contributed by atoms with Crippen LogP contribution in [0, 0.1) is 5.82 Å². The van der Waals surface area contributed by atoms with Crippen LogP contribution >= 0.6 is 0 Å². The molecule has 0 aliphatic carbocycles. The number of nitrogens with zero attached hydrogens (tertiary/aromatic N) is 2. The minimum absolute atomic E-state index is 0.178. The maximum absolute atomic E-state index is 14.0. The molecule has 6 nitrogen and oxygen atoms in total. The molecule has 0 saturated carbocycles. The number of rotatable bonds is 5. The van der Waals surface area contributed by atoms with Crippen molar-refractivity contribution in [1.82, 2.24) is 20.3 Å². The van der Waals surface area contributed by atoms with E-state index in [2.05, 4.69) is 20.3 Å². The van der Waals surface area contributed by atoms with E-state index in [1.165, 1.54) is 12.4 Å². The van der Waals surface area contributed by atoms with Crippen LogP contribution in [-0.4, -0.2) is 32.6 Å². The highest BCUT2D eigenvalue weighted by Gasteiger charge is 2.20. The fourth-order valence-corrected chi connectivity index (χ4v) is 2.47. The van der Waals surface area contributed by atoms with Crippen molar-refractivity contribution >= 4 is 16.9 Å². The van der Waals surface area contributed by atoms with Gasteiger partial charge in [-0.05, 0) is 18.6 Å².